The fourth-order valence-electron chi connectivity index (χ4n) is 3.40. The van der Waals surface area contributed by atoms with Gasteiger partial charge in [0.1, 0.15) is 17.5 Å². The SMILES string of the molecule is CC(C)(C)C(=O)SCCOP(=O)(OCCSC(=O)C(C)(C)C)OC[C@@]1(CN=[N+]=[N-])O[C@@H](n2ccc(N)nc2=O)C(F)[C@@H]1O. The average Bonchev–Trinajstić information content (AvgIpc) is 3.15. The molecular weight excluding hydrogens is 630 g/mol. The van der Waals surface area contributed by atoms with Crippen LogP contribution in [0.15, 0.2) is 22.2 Å². The Morgan fingerprint density at radius 1 is 1.19 bits per heavy atom. The molecule has 43 heavy (non-hydrogen) atoms. The van der Waals surface area contributed by atoms with Gasteiger partial charge in [-0.15, -0.1) is 0 Å². The van der Waals surface area contributed by atoms with Crippen LogP contribution in [0, 0.1) is 10.8 Å². The Morgan fingerprint density at radius 2 is 1.72 bits per heavy atom. The molecule has 1 aliphatic heterocycles. The van der Waals surface area contributed by atoms with E-state index in [0.717, 1.165) is 34.3 Å². The fraction of sp³-hybridized carbons (Fsp3) is 0.750. The second-order valence-corrected chi connectivity index (χ2v) is 15.4. The van der Waals surface area contributed by atoms with Crippen LogP contribution in [0.4, 0.5) is 10.2 Å². The maximum atomic E-state index is 15.3. The summed E-state index contributed by atoms with van der Waals surface area (Å²) in [4.78, 5) is 42.9. The summed E-state index contributed by atoms with van der Waals surface area (Å²) in [5.74, 6) is 0.0580. The van der Waals surface area contributed by atoms with Gasteiger partial charge in [0.05, 0.1) is 26.4 Å². The molecule has 1 aliphatic rings. The Labute approximate surface area is 257 Å². The van der Waals surface area contributed by atoms with Gasteiger partial charge in [-0.05, 0) is 11.6 Å². The number of carbonyl (C=O) groups is 2. The molecule has 242 valence electrons. The van der Waals surface area contributed by atoms with Gasteiger partial charge in [-0.25, -0.2) is 13.8 Å². The number of anilines is 1. The number of carbonyl (C=O) groups excluding carboxylic acids is 2. The molecular formula is C24H38FN6O9PS2. The van der Waals surface area contributed by atoms with E-state index in [1.54, 1.807) is 41.5 Å². The highest BCUT2D eigenvalue weighted by Crippen LogP contribution is 2.52. The van der Waals surface area contributed by atoms with Crippen molar-refractivity contribution in [2.45, 2.75) is 65.6 Å². The molecule has 0 amide bonds. The van der Waals surface area contributed by atoms with Gasteiger partial charge < -0.3 is 15.6 Å². The first-order chi connectivity index (χ1) is 19.8. The van der Waals surface area contributed by atoms with E-state index in [1.807, 2.05) is 0 Å². The fourth-order valence-corrected chi connectivity index (χ4v) is 6.45. The lowest BCUT2D eigenvalue weighted by Crippen LogP contribution is -2.48. The summed E-state index contributed by atoms with van der Waals surface area (Å²) in [6.45, 7) is 8.39. The third kappa shape index (κ3) is 10.5. The largest absolute Gasteiger partial charge is 0.474 e. The molecule has 4 atom stereocenters. The quantitative estimate of drug-likeness (QED) is 0.0947. The van der Waals surface area contributed by atoms with Crippen molar-refractivity contribution < 1.29 is 42.0 Å². The number of thioether (sulfide) groups is 2. The number of nitrogens with two attached hydrogens (primary N) is 1. The zero-order valence-electron chi connectivity index (χ0n) is 24.8. The minimum Gasteiger partial charge on any atom is -0.387 e. The van der Waals surface area contributed by atoms with Crippen molar-refractivity contribution in [1.29, 1.82) is 0 Å². The molecule has 0 spiro atoms. The van der Waals surface area contributed by atoms with E-state index in [-0.39, 0.29) is 40.8 Å². The van der Waals surface area contributed by atoms with Crippen LogP contribution in [0.3, 0.4) is 0 Å². The number of azide groups is 1. The Kier molecular flexibility index (Phi) is 13.2. The topological polar surface area (TPSA) is 218 Å². The number of nitrogen functional groups attached to an aromatic ring is 1. The van der Waals surface area contributed by atoms with Crippen molar-refractivity contribution in [1.82, 2.24) is 9.55 Å². The second kappa shape index (κ2) is 15.3. The van der Waals surface area contributed by atoms with E-state index in [2.05, 4.69) is 15.0 Å². The molecule has 1 fully saturated rings. The lowest BCUT2D eigenvalue weighted by Gasteiger charge is -2.31. The number of rotatable bonds is 14. The van der Waals surface area contributed by atoms with Crippen LogP contribution in [0.2, 0.25) is 0 Å². The second-order valence-electron chi connectivity index (χ2n) is 11.6. The highest BCUT2D eigenvalue weighted by molar-refractivity contribution is 8.14. The Bertz CT molecular complexity index is 1260. The maximum Gasteiger partial charge on any atom is 0.474 e. The van der Waals surface area contributed by atoms with Crippen LogP contribution in [-0.4, -0.2) is 80.6 Å². The summed E-state index contributed by atoms with van der Waals surface area (Å²) in [6, 6.07) is 1.22. The predicted octanol–water partition coefficient (Wildman–Crippen LogP) is 3.87. The summed E-state index contributed by atoms with van der Waals surface area (Å²) in [7, 11) is -4.50. The first-order valence-electron chi connectivity index (χ1n) is 13.1. The number of hydrogen-bond donors (Lipinski definition) is 2. The van der Waals surface area contributed by atoms with E-state index in [9.17, 15) is 24.1 Å². The van der Waals surface area contributed by atoms with E-state index in [4.69, 9.17) is 29.6 Å². The minimum absolute atomic E-state index is 0.0920. The lowest BCUT2D eigenvalue weighted by atomic mass is 9.97. The van der Waals surface area contributed by atoms with Gasteiger partial charge >= 0.3 is 13.5 Å². The molecule has 0 aliphatic carbocycles. The zero-order valence-corrected chi connectivity index (χ0v) is 27.3. The van der Waals surface area contributed by atoms with Gasteiger partial charge in [0.15, 0.2) is 22.6 Å². The monoisotopic (exact) mass is 668 g/mol. The van der Waals surface area contributed by atoms with Crippen molar-refractivity contribution in [3.63, 3.8) is 0 Å². The van der Waals surface area contributed by atoms with Gasteiger partial charge in [0, 0.05) is 33.4 Å². The van der Waals surface area contributed by atoms with E-state index in [1.165, 1.54) is 6.07 Å². The molecule has 0 radical (unpaired) electrons. The smallest absolute Gasteiger partial charge is 0.387 e. The van der Waals surface area contributed by atoms with E-state index in [0.29, 0.717) is 0 Å². The number of nitrogens with zero attached hydrogens (tertiary/aromatic N) is 5. The number of phosphoric acid groups is 1. The molecule has 2 heterocycles. The zero-order chi connectivity index (χ0) is 32.6. The van der Waals surface area contributed by atoms with E-state index < -0.39 is 61.6 Å². The number of aliphatic hydroxyl groups excluding tert-OH is 1. The van der Waals surface area contributed by atoms with Gasteiger partial charge in [-0.1, -0.05) is 70.2 Å². The summed E-state index contributed by atoms with van der Waals surface area (Å²) < 4.78 is 51.7. The van der Waals surface area contributed by atoms with Crippen LogP contribution in [0.25, 0.3) is 10.4 Å². The standard InChI is InChI=1S/C24H38FN6O9PS2/c1-22(2,3)19(33)42-11-9-37-41(36,38-10-12-43-20(34)23(4,5)6)39-14-24(13-28-30-27)17(32)16(25)18(40-24)31-8-7-15(26)29-21(31)35/h7-8,16-18,32H,9-14H2,1-6H3,(H2,26,29,35)/t16?,17-,18+,24+/m0/s1. The van der Waals surface area contributed by atoms with Crippen molar-refractivity contribution in [3.05, 3.63) is 33.2 Å². The molecule has 0 aromatic carbocycles. The van der Waals surface area contributed by atoms with Crippen molar-refractivity contribution in [2.75, 3.05) is 43.6 Å². The van der Waals surface area contributed by atoms with E-state index >= 15 is 4.39 Å². The highest BCUT2D eigenvalue weighted by atomic mass is 32.2. The van der Waals surface area contributed by atoms with Gasteiger partial charge in [-0.2, -0.15) is 4.98 Å². The average molecular weight is 669 g/mol. The molecule has 15 nitrogen and oxygen atoms in total. The van der Waals surface area contributed by atoms with Gasteiger partial charge in [-0.3, -0.25) is 27.7 Å². The van der Waals surface area contributed by atoms with Crippen LogP contribution in [-0.2, 0) is 32.5 Å². The van der Waals surface area contributed by atoms with Crippen molar-refractivity contribution in [2.24, 2.45) is 15.9 Å². The molecule has 3 N–H and O–H groups in total. The number of phosphoric ester groups is 1. The Balaban J connectivity index is 2.24. The summed E-state index contributed by atoms with van der Waals surface area (Å²) in [5.41, 5.74) is 10.1. The Morgan fingerprint density at radius 3 is 2.19 bits per heavy atom. The summed E-state index contributed by atoms with van der Waals surface area (Å²) in [5, 5.41) is 14.0. The third-order valence-corrected chi connectivity index (χ3v) is 9.75. The van der Waals surface area contributed by atoms with Crippen molar-refractivity contribution in [3.8, 4) is 0 Å². The minimum atomic E-state index is -4.50. The maximum absolute atomic E-state index is 15.3. The molecule has 0 saturated carbocycles. The van der Waals surface area contributed by atoms with Gasteiger partial charge in [0.2, 0.25) is 0 Å². The van der Waals surface area contributed by atoms with Crippen LogP contribution in [0.1, 0.15) is 47.8 Å². The molecule has 2 rings (SSSR count). The molecule has 1 aromatic rings. The normalized spacial score (nSPS) is 22.7. The molecule has 1 saturated heterocycles. The number of hydrogen-bond acceptors (Lipinski definition) is 14. The molecule has 1 unspecified atom stereocenters. The molecule has 0 bridgehead atoms. The van der Waals surface area contributed by atoms with Crippen LogP contribution in [0.5, 0.6) is 0 Å². The number of ether oxygens (including phenoxy) is 1. The molecule has 1 aromatic heterocycles. The number of halogens is 1. The Hall–Kier alpha value is -2.01. The van der Waals surface area contributed by atoms with Gasteiger partial charge in [0.25, 0.3) is 0 Å². The number of aliphatic hydroxyl groups is 1. The summed E-state index contributed by atoms with van der Waals surface area (Å²) >= 11 is 1.90. The molecule has 19 heteroatoms. The first kappa shape index (κ1) is 37.2. The lowest BCUT2D eigenvalue weighted by molar-refractivity contribution is -0.122. The predicted molar refractivity (Wildman–Crippen MR) is 160 cm³/mol. The van der Waals surface area contributed by atoms with Crippen LogP contribution < -0.4 is 11.4 Å². The third-order valence-electron chi connectivity index (χ3n) is 5.82. The number of aromatic nitrogens is 2. The number of alkyl halides is 1. The van der Waals surface area contributed by atoms with Crippen molar-refractivity contribution >= 4 is 47.4 Å². The summed E-state index contributed by atoms with van der Waals surface area (Å²) in [6.07, 6.45) is -4.88. The first-order valence-corrected chi connectivity index (χ1v) is 16.5. The highest BCUT2D eigenvalue weighted by Gasteiger charge is 2.57. The van der Waals surface area contributed by atoms with Crippen LogP contribution >= 0.6 is 31.3 Å².